The Morgan fingerprint density at radius 1 is 0.923 bits per heavy atom. The number of nitrogens with one attached hydrogen (secondary N) is 1. The first kappa shape index (κ1) is 7.60. The Bertz CT molecular complexity index is 323. The van der Waals surface area contributed by atoms with Crippen molar-refractivity contribution < 1.29 is 0 Å². The van der Waals surface area contributed by atoms with Crippen LogP contribution in [0.4, 0.5) is 11.6 Å². The minimum absolute atomic E-state index is 0.529. The molecule has 2 rings (SSSR count). The summed E-state index contributed by atoms with van der Waals surface area (Å²) in [5.74, 6) is 0.529. The average molecular weight is 173 g/mol. The fraction of sp³-hybridized carbons (Fsp3) is 0. The van der Waals surface area contributed by atoms with Crippen molar-refractivity contribution in [2.24, 2.45) is 0 Å². The molecule has 64 valence electrons. The molecule has 13 heavy (non-hydrogen) atoms. The van der Waals surface area contributed by atoms with E-state index in [1.165, 1.54) is 12.7 Å². The van der Waals surface area contributed by atoms with Crippen molar-refractivity contribution in [2.75, 3.05) is 5.32 Å². The van der Waals surface area contributed by atoms with Crippen LogP contribution in [0.5, 0.6) is 0 Å². The van der Waals surface area contributed by atoms with Crippen LogP contribution < -0.4 is 5.32 Å². The smallest absolute Gasteiger partial charge is 0.230 e. The third-order valence-electron chi connectivity index (χ3n) is 1.43. The van der Waals surface area contributed by atoms with Crippen molar-refractivity contribution in [3.63, 3.8) is 0 Å². The van der Waals surface area contributed by atoms with Crippen molar-refractivity contribution in [1.82, 2.24) is 19.9 Å². The van der Waals surface area contributed by atoms with Gasteiger partial charge in [0.2, 0.25) is 5.95 Å². The van der Waals surface area contributed by atoms with Gasteiger partial charge in [-0.1, -0.05) is 0 Å². The highest BCUT2D eigenvalue weighted by Crippen LogP contribution is 2.08. The molecule has 0 aromatic carbocycles. The fourth-order valence-electron chi connectivity index (χ4n) is 0.868. The SMILES string of the molecule is c1cc(Nc2ncncn2)ccn1. The van der Waals surface area contributed by atoms with E-state index in [4.69, 9.17) is 0 Å². The topological polar surface area (TPSA) is 63.6 Å². The summed E-state index contributed by atoms with van der Waals surface area (Å²) in [6, 6.07) is 3.67. The fourth-order valence-corrected chi connectivity index (χ4v) is 0.868. The largest absolute Gasteiger partial charge is 0.324 e. The molecule has 0 fully saturated rings. The summed E-state index contributed by atoms with van der Waals surface area (Å²) in [6.07, 6.45) is 6.28. The van der Waals surface area contributed by atoms with Crippen LogP contribution in [0.3, 0.4) is 0 Å². The Morgan fingerprint density at radius 2 is 1.62 bits per heavy atom. The molecule has 0 aliphatic rings. The molecule has 0 saturated carbocycles. The third kappa shape index (κ3) is 1.96. The zero-order chi connectivity index (χ0) is 8.93. The van der Waals surface area contributed by atoms with Crippen LogP contribution in [0.25, 0.3) is 0 Å². The van der Waals surface area contributed by atoms with Gasteiger partial charge < -0.3 is 5.32 Å². The van der Waals surface area contributed by atoms with Gasteiger partial charge in [-0.05, 0) is 12.1 Å². The predicted octanol–water partition coefficient (Wildman–Crippen LogP) is 1.01. The van der Waals surface area contributed by atoms with Gasteiger partial charge in [-0.2, -0.15) is 0 Å². The van der Waals surface area contributed by atoms with Gasteiger partial charge in [0.25, 0.3) is 0 Å². The predicted molar refractivity (Wildman–Crippen MR) is 47.3 cm³/mol. The maximum Gasteiger partial charge on any atom is 0.230 e. The number of hydrogen-bond acceptors (Lipinski definition) is 5. The van der Waals surface area contributed by atoms with E-state index in [1.54, 1.807) is 12.4 Å². The van der Waals surface area contributed by atoms with E-state index in [0.717, 1.165) is 5.69 Å². The molecule has 5 nitrogen and oxygen atoms in total. The highest BCUT2D eigenvalue weighted by atomic mass is 15.1. The zero-order valence-corrected chi connectivity index (χ0v) is 6.75. The number of rotatable bonds is 2. The summed E-state index contributed by atoms with van der Waals surface area (Å²) in [5, 5.41) is 3.00. The Hall–Kier alpha value is -2.04. The molecule has 5 heteroatoms. The van der Waals surface area contributed by atoms with Crippen molar-refractivity contribution >= 4 is 11.6 Å². The lowest BCUT2D eigenvalue weighted by Gasteiger charge is -2.01. The minimum atomic E-state index is 0.529. The van der Waals surface area contributed by atoms with Crippen molar-refractivity contribution in [2.45, 2.75) is 0 Å². The molecule has 0 aliphatic heterocycles. The zero-order valence-electron chi connectivity index (χ0n) is 6.75. The number of nitrogens with zero attached hydrogens (tertiary/aromatic N) is 4. The summed E-state index contributed by atoms with van der Waals surface area (Å²) in [7, 11) is 0. The molecule has 2 aromatic heterocycles. The van der Waals surface area contributed by atoms with Crippen LogP contribution in [0.1, 0.15) is 0 Å². The second-order valence-electron chi connectivity index (χ2n) is 2.32. The monoisotopic (exact) mass is 173 g/mol. The standard InChI is InChI=1S/C8H7N5/c1-3-9-4-2-7(1)13-8-11-5-10-6-12-8/h1-6H,(H,9,10,11,12,13). The van der Waals surface area contributed by atoms with Gasteiger partial charge in [-0.25, -0.2) is 15.0 Å². The second-order valence-corrected chi connectivity index (χ2v) is 2.32. The van der Waals surface area contributed by atoms with Gasteiger partial charge in [-0.15, -0.1) is 0 Å². The summed E-state index contributed by atoms with van der Waals surface area (Å²) in [6.45, 7) is 0. The Kier molecular flexibility index (Phi) is 2.09. The van der Waals surface area contributed by atoms with Crippen LogP contribution in [0.2, 0.25) is 0 Å². The average Bonchev–Trinajstić information content (AvgIpc) is 2.21. The molecule has 0 amide bonds. The number of aromatic nitrogens is 4. The maximum atomic E-state index is 3.92. The van der Waals surface area contributed by atoms with Crippen LogP contribution in [-0.2, 0) is 0 Å². The van der Waals surface area contributed by atoms with Crippen LogP contribution >= 0.6 is 0 Å². The van der Waals surface area contributed by atoms with Crippen molar-refractivity contribution in [3.8, 4) is 0 Å². The van der Waals surface area contributed by atoms with Crippen LogP contribution in [0.15, 0.2) is 37.2 Å². The van der Waals surface area contributed by atoms with Gasteiger partial charge in [0.15, 0.2) is 0 Å². The lowest BCUT2D eigenvalue weighted by atomic mass is 10.4. The number of hydrogen-bond donors (Lipinski definition) is 1. The Morgan fingerprint density at radius 3 is 2.31 bits per heavy atom. The molecule has 2 heterocycles. The first-order valence-electron chi connectivity index (χ1n) is 3.74. The van der Waals surface area contributed by atoms with E-state index in [0.29, 0.717) is 5.95 Å². The minimum Gasteiger partial charge on any atom is -0.324 e. The molecule has 0 saturated heterocycles. The van der Waals surface area contributed by atoms with Crippen molar-refractivity contribution in [1.29, 1.82) is 0 Å². The molecule has 0 bridgehead atoms. The normalized spacial score (nSPS) is 9.54. The van der Waals surface area contributed by atoms with Gasteiger partial charge >= 0.3 is 0 Å². The molecule has 1 N–H and O–H groups in total. The molecule has 2 aromatic rings. The molecule has 0 radical (unpaired) electrons. The lowest BCUT2D eigenvalue weighted by molar-refractivity contribution is 1.05. The van der Waals surface area contributed by atoms with E-state index < -0.39 is 0 Å². The second kappa shape index (κ2) is 3.57. The van der Waals surface area contributed by atoms with Crippen LogP contribution in [0, 0.1) is 0 Å². The van der Waals surface area contributed by atoms with E-state index >= 15 is 0 Å². The van der Waals surface area contributed by atoms with E-state index in [9.17, 15) is 0 Å². The van der Waals surface area contributed by atoms with Gasteiger partial charge in [0.05, 0.1) is 0 Å². The Labute approximate surface area is 74.9 Å². The summed E-state index contributed by atoms with van der Waals surface area (Å²) in [4.78, 5) is 15.4. The van der Waals surface area contributed by atoms with Crippen molar-refractivity contribution in [3.05, 3.63) is 37.2 Å². The summed E-state index contributed by atoms with van der Waals surface area (Å²) < 4.78 is 0. The molecule has 0 aliphatic carbocycles. The highest BCUT2D eigenvalue weighted by Gasteiger charge is 1.93. The first-order chi connectivity index (χ1) is 6.45. The molecule has 0 unspecified atom stereocenters. The van der Waals surface area contributed by atoms with Gasteiger partial charge in [0, 0.05) is 18.1 Å². The number of anilines is 2. The molecular weight excluding hydrogens is 166 g/mol. The Balaban J connectivity index is 2.16. The van der Waals surface area contributed by atoms with Crippen LogP contribution in [-0.4, -0.2) is 19.9 Å². The lowest BCUT2D eigenvalue weighted by Crippen LogP contribution is -1.96. The van der Waals surface area contributed by atoms with Gasteiger partial charge in [-0.3, -0.25) is 4.98 Å². The van der Waals surface area contributed by atoms with Gasteiger partial charge in [0.1, 0.15) is 12.7 Å². The maximum absolute atomic E-state index is 3.92. The quantitative estimate of drug-likeness (QED) is 0.734. The highest BCUT2D eigenvalue weighted by molar-refractivity contribution is 5.50. The molecule has 0 atom stereocenters. The first-order valence-corrected chi connectivity index (χ1v) is 3.74. The molecular formula is C8H7N5. The van der Waals surface area contributed by atoms with E-state index in [-0.39, 0.29) is 0 Å². The third-order valence-corrected chi connectivity index (χ3v) is 1.43. The number of pyridine rings is 1. The van der Waals surface area contributed by atoms with E-state index in [2.05, 4.69) is 25.3 Å². The molecule has 0 spiro atoms. The summed E-state index contributed by atoms with van der Waals surface area (Å²) >= 11 is 0. The van der Waals surface area contributed by atoms with E-state index in [1.807, 2.05) is 12.1 Å². The summed E-state index contributed by atoms with van der Waals surface area (Å²) in [5.41, 5.74) is 0.904.